The van der Waals surface area contributed by atoms with Crippen molar-refractivity contribution in [2.75, 3.05) is 6.61 Å². The van der Waals surface area contributed by atoms with Gasteiger partial charge in [-0.1, -0.05) is 0 Å². The number of hydrogen-bond acceptors (Lipinski definition) is 3. The van der Waals surface area contributed by atoms with Crippen LogP contribution >= 0.6 is 0 Å². The van der Waals surface area contributed by atoms with Gasteiger partial charge >= 0.3 is 0 Å². The van der Waals surface area contributed by atoms with E-state index in [1.165, 1.54) is 0 Å². The average molecular weight is 237 g/mol. The maximum absolute atomic E-state index is 5.55. The van der Waals surface area contributed by atoms with Gasteiger partial charge in [-0.25, -0.2) is 0 Å². The molecule has 3 atom stereocenters. The molecule has 3 unspecified atom stereocenters. The van der Waals surface area contributed by atoms with E-state index >= 15 is 0 Å². The fourth-order valence-corrected chi connectivity index (χ4v) is 2.45. The van der Waals surface area contributed by atoms with Gasteiger partial charge < -0.3 is 14.5 Å². The van der Waals surface area contributed by atoms with Crippen molar-refractivity contribution < 1.29 is 9.15 Å². The molecule has 2 heterocycles. The Kier molecular flexibility index (Phi) is 4.63. The summed E-state index contributed by atoms with van der Waals surface area (Å²) < 4.78 is 10.9. The van der Waals surface area contributed by atoms with E-state index in [1.54, 1.807) is 6.26 Å². The fourth-order valence-electron chi connectivity index (χ4n) is 2.45. The molecule has 1 N–H and O–H groups in total. The average Bonchev–Trinajstić information content (AvgIpc) is 2.79. The first-order valence-electron chi connectivity index (χ1n) is 6.64. The van der Waals surface area contributed by atoms with Gasteiger partial charge in [0.1, 0.15) is 5.76 Å². The van der Waals surface area contributed by atoms with Crippen molar-refractivity contribution in [1.29, 1.82) is 0 Å². The van der Waals surface area contributed by atoms with Crippen molar-refractivity contribution in [3.05, 3.63) is 24.2 Å². The molecule has 0 saturated carbocycles. The van der Waals surface area contributed by atoms with E-state index in [9.17, 15) is 0 Å². The molecule has 0 bridgehead atoms. The maximum Gasteiger partial charge on any atom is 0.103 e. The molecule has 1 saturated heterocycles. The standard InChI is InChI=1S/C14H23NO2/c1-11(5-6-14-4-3-8-17-14)15-13-7-9-16-12(2)10-13/h3-4,8,11-13,15H,5-7,9-10H2,1-2H3. The second kappa shape index (κ2) is 6.22. The Hall–Kier alpha value is -0.800. The molecule has 3 heteroatoms. The summed E-state index contributed by atoms with van der Waals surface area (Å²) in [5.74, 6) is 1.08. The summed E-state index contributed by atoms with van der Waals surface area (Å²) in [6, 6.07) is 5.15. The quantitative estimate of drug-likeness (QED) is 0.855. The van der Waals surface area contributed by atoms with Crippen molar-refractivity contribution in [2.45, 2.75) is 57.7 Å². The summed E-state index contributed by atoms with van der Waals surface area (Å²) in [5.41, 5.74) is 0. The second-order valence-electron chi connectivity index (χ2n) is 5.09. The lowest BCUT2D eigenvalue weighted by molar-refractivity contribution is 0.0114. The number of aryl methyl sites for hydroxylation is 1. The molecule has 0 amide bonds. The Balaban J connectivity index is 1.67. The molecule has 0 radical (unpaired) electrons. The molecule has 1 aromatic heterocycles. The van der Waals surface area contributed by atoms with Crippen LogP contribution in [0.3, 0.4) is 0 Å². The van der Waals surface area contributed by atoms with E-state index in [4.69, 9.17) is 9.15 Å². The molecule has 1 aromatic rings. The SMILES string of the molecule is CC(CCc1ccco1)NC1CCOC(C)C1. The van der Waals surface area contributed by atoms with Gasteiger partial charge in [-0.2, -0.15) is 0 Å². The molecule has 3 nitrogen and oxygen atoms in total. The van der Waals surface area contributed by atoms with Crippen LogP contribution in [0.15, 0.2) is 22.8 Å². The number of ether oxygens (including phenoxy) is 1. The fraction of sp³-hybridized carbons (Fsp3) is 0.714. The van der Waals surface area contributed by atoms with Gasteiger partial charge in [-0.05, 0) is 45.2 Å². The van der Waals surface area contributed by atoms with Crippen molar-refractivity contribution in [3.63, 3.8) is 0 Å². The molecule has 2 rings (SSSR count). The zero-order chi connectivity index (χ0) is 12.1. The van der Waals surface area contributed by atoms with Gasteiger partial charge in [0.15, 0.2) is 0 Å². The Bertz CT molecular complexity index is 310. The van der Waals surface area contributed by atoms with Gasteiger partial charge in [0.25, 0.3) is 0 Å². The van der Waals surface area contributed by atoms with Gasteiger partial charge in [0.2, 0.25) is 0 Å². The lowest BCUT2D eigenvalue weighted by Crippen LogP contribution is -2.42. The van der Waals surface area contributed by atoms with Crippen LogP contribution < -0.4 is 5.32 Å². The van der Waals surface area contributed by atoms with Crippen LogP contribution in [0.4, 0.5) is 0 Å². The highest BCUT2D eigenvalue weighted by molar-refractivity contribution is 4.98. The van der Waals surface area contributed by atoms with E-state index in [1.807, 2.05) is 12.1 Å². The lowest BCUT2D eigenvalue weighted by Gasteiger charge is -2.30. The summed E-state index contributed by atoms with van der Waals surface area (Å²) in [7, 11) is 0. The topological polar surface area (TPSA) is 34.4 Å². The van der Waals surface area contributed by atoms with Crippen LogP contribution in [0.5, 0.6) is 0 Å². The van der Waals surface area contributed by atoms with Crippen LogP contribution in [0, 0.1) is 0 Å². The number of nitrogens with one attached hydrogen (secondary N) is 1. The molecule has 0 aromatic carbocycles. The van der Waals surface area contributed by atoms with Crippen molar-refractivity contribution in [1.82, 2.24) is 5.32 Å². The maximum atomic E-state index is 5.55. The third-order valence-electron chi connectivity index (χ3n) is 3.41. The van der Waals surface area contributed by atoms with E-state index in [0.717, 1.165) is 38.1 Å². The third-order valence-corrected chi connectivity index (χ3v) is 3.41. The molecule has 1 aliphatic rings. The Labute approximate surface area is 104 Å². The minimum absolute atomic E-state index is 0.401. The molecule has 0 spiro atoms. The largest absolute Gasteiger partial charge is 0.469 e. The second-order valence-corrected chi connectivity index (χ2v) is 5.09. The van der Waals surface area contributed by atoms with Crippen molar-refractivity contribution >= 4 is 0 Å². The van der Waals surface area contributed by atoms with Crippen molar-refractivity contribution in [2.24, 2.45) is 0 Å². The minimum Gasteiger partial charge on any atom is -0.469 e. The van der Waals surface area contributed by atoms with Gasteiger partial charge in [0, 0.05) is 25.1 Å². The van der Waals surface area contributed by atoms with Gasteiger partial charge in [-0.3, -0.25) is 0 Å². The van der Waals surface area contributed by atoms with Crippen LogP contribution in [0.25, 0.3) is 0 Å². The molecular formula is C14H23NO2. The highest BCUT2D eigenvalue weighted by Gasteiger charge is 2.20. The Morgan fingerprint density at radius 2 is 2.41 bits per heavy atom. The van der Waals surface area contributed by atoms with Crippen molar-refractivity contribution in [3.8, 4) is 0 Å². The number of rotatable bonds is 5. The van der Waals surface area contributed by atoms with E-state index in [0.29, 0.717) is 18.2 Å². The normalized spacial score (nSPS) is 26.9. The first kappa shape index (κ1) is 12.7. The molecule has 0 aliphatic carbocycles. The number of hydrogen-bond donors (Lipinski definition) is 1. The Morgan fingerprint density at radius 3 is 3.12 bits per heavy atom. The summed E-state index contributed by atoms with van der Waals surface area (Å²) >= 11 is 0. The summed E-state index contributed by atoms with van der Waals surface area (Å²) in [6.45, 7) is 5.30. The first-order chi connectivity index (χ1) is 8.24. The van der Waals surface area contributed by atoms with Crippen LogP contribution in [0.1, 0.15) is 38.9 Å². The summed E-state index contributed by atoms with van der Waals surface area (Å²) in [6.07, 6.45) is 6.55. The molecule has 1 fully saturated rings. The Morgan fingerprint density at radius 1 is 1.53 bits per heavy atom. The van der Waals surface area contributed by atoms with E-state index in [2.05, 4.69) is 19.2 Å². The molecule has 17 heavy (non-hydrogen) atoms. The molecule has 96 valence electrons. The van der Waals surface area contributed by atoms with E-state index < -0.39 is 0 Å². The third kappa shape index (κ3) is 4.17. The first-order valence-corrected chi connectivity index (χ1v) is 6.64. The molecular weight excluding hydrogens is 214 g/mol. The van der Waals surface area contributed by atoms with Gasteiger partial charge in [0.05, 0.1) is 12.4 Å². The van der Waals surface area contributed by atoms with Crippen LogP contribution in [0.2, 0.25) is 0 Å². The monoisotopic (exact) mass is 237 g/mol. The highest BCUT2D eigenvalue weighted by Crippen LogP contribution is 2.15. The highest BCUT2D eigenvalue weighted by atomic mass is 16.5. The van der Waals surface area contributed by atoms with E-state index in [-0.39, 0.29) is 0 Å². The van der Waals surface area contributed by atoms with Gasteiger partial charge in [-0.15, -0.1) is 0 Å². The smallest absolute Gasteiger partial charge is 0.103 e. The summed E-state index contributed by atoms with van der Waals surface area (Å²) in [5, 5.41) is 3.69. The zero-order valence-corrected chi connectivity index (χ0v) is 10.8. The zero-order valence-electron chi connectivity index (χ0n) is 10.8. The minimum atomic E-state index is 0.401. The number of furan rings is 1. The lowest BCUT2D eigenvalue weighted by atomic mass is 10.0. The summed E-state index contributed by atoms with van der Waals surface area (Å²) in [4.78, 5) is 0. The van der Waals surface area contributed by atoms with Crippen LogP contribution in [-0.2, 0) is 11.2 Å². The predicted molar refractivity (Wildman–Crippen MR) is 68.1 cm³/mol. The van der Waals surface area contributed by atoms with Crippen LogP contribution in [-0.4, -0.2) is 24.8 Å². The predicted octanol–water partition coefficient (Wildman–Crippen LogP) is 2.76. The molecule has 1 aliphatic heterocycles.